The average molecular weight is 361 g/mol. The molecule has 0 atom stereocenters. The maximum absolute atomic E-state index is 12.0. The van der Waals surface area contributed by atoms with Gasteiger partial charge in [-0.25, -0.2) is 4.79 Å². The van der Waals surface area contributed by atoms with Crippen molar-refractivity contribution in [2.24, 2.45) is 0 Å². The molecule has 22 heavy (non-hydrogen) atoms. The molecule has 0 aliphatic rings. The normalized spacial score (nSPS) is 10.6. The van der Waals surface area contributed by atoms with E-state index in [2.05, 4.69) is 26.0 Å². The Balaban J connectivity index is 2.00. The summed E-state index contributed by atoms with van der Waals surface area (Å²) in [6.07, 6.45) is 0. The fraction of sp³-hybridized carbons (Fsp3) is 0. The third-order valence-corrected chi connectivity index (χ3v) is 3.57. The molecule has 0 unspecified atom stereocenters. The standard InChI is InChI=1S/C14H9BrN4O3/c15-10-3-1-9(2-4-10)13-16-14(20)18(17-13)11-5-7-12(8-6-11)19(21)22/h1-8H,(H,16,17,20). The Morgan fingerprint density at radius 1 is 1.09 bits per heavy atom. The first-order valence-electron chi connectivity index (χ1n) is 6.25. The number of nitrogens with zero attached hydrogens (tertiary/aromatic N) is 3. The highest BCUT2D eigenvalue weighted by Crippen LogP contribution is 2.18. The Bertz CT molecular complexity index is 882. The quantitative estimate of drug-likeness (QED) is 0.573. The van der Waals surface area contributed by atoms with Crippen molar-refractivity contribution in [1.29, 1.82) is 0 Å². The molecule has 1 N–H and O–H groups in total. The number of nitrogens with one attached hydrogen (secondary N) is 1. The van der Waals surface area contributed by atoms with Gasteiger partial charge in [0.15, 0.2) is 5.82 Å². The smallest absolute Gasteiger partial charge is 0.288 e. The van der Waals surface area contributed by atoms with E-state index in [0.29, 0.717) is 11.5 Å². The summed E-state index contributed by atoms with van der Waals surface area (Å²) < 4.78 is 2.09. The monoisotopic (exact) mass is 360 g/mol. The van der Waals surface area contributed by atoms with Crippen LogP contribution >= 0.6 is 15.9 Å². The van der Waals surface area contributed by atoms with Gasteiger partial charge in [0.1, 0.15) is 0 Å². The van der Waals surface area contributed by atoms with Gasteiger partial charge in [0.2, 0.25) is 0 Å². The molecule has 0 fully saturated rings. The molecule has 0 aliphatic heterocycles. The summed E-state index contributed by atoms with van der Waals surface area (Å²) in [5.41, 5.74) is 0.767. The van der Waals surface area contributed by atoms with Crippen LogP contribution < -0.4 is 5.69 Å². The van der Waals surface area contributed by atoms with Gasteiger partial charge in [-0.3, -0.25) is 15.1 Å². The maximum Gasteiger partial charge on any atom is 0.348 e. The molecule has 0 radical (unpaired) electrons. The Kier molecular flexibility index (Phi) is 3.60. The number of nitro groups is 1. The number of aromatic nitrogens is 3. The zero-order valence-electron chi connectivity index (χ0n) is 11.1. The van der Waals surface area contributed by atoms with E-state index in [1.807, 2.05) is 24.3 Å². The molecule has 3 rings (SSSR count). The SMILES string of the molecule is O=c1[nH]c(-c2ccc(Br)cc2)nn1-c1ccc([N+](=O)[O-])cc1. The first kappa shape index (κ1) is 14.2. The second-order valence-corrected chi connectivity index (χ2v) is 5.39. The summed E-state index contributed by atoms with van der Waals surface area (Å²) in [6, 6.07) is 12.9. The third kappa shape index (κ3) is 2.68. The molecule has 0 spiro atoms. The van der Waals surface area contributed by atoms with Crippen LogP contribution in [0.2, 0.25) is 0 Å². The van der Waals surface area contributed by atoms with Gasteiger partial charge in [-0.1, -0.05) is 28.1 Å². The summed E-state index contributed by atoms with van der Waals surface area (Å²) in [6.45, 7) is 0. The molecule has 0 bridgehead atoms. The lowest BCUT2D eigenvalue weighted by atomic mass is 10.2. The van der Waals surface area contributed by atoms with Crippen molar-refractivity contribution < 1.29 is 4.92 Å². The molecule has 1 heterocycles. The Morgan fingerprint density at radius 2 is 1.73 bits per heavy atom. The second kappa shape index (κ2) is 5.57. The summed E-state index contributed by atoms with van der Waals surface area (Å²) in [4.78, 5) is 24.8. The van der Waals surface area contributed by atoms with Crippen molar-refractivity contribution in [2.75, 3.05) is 0 Å². The molecule has 3 aromatic rings. The number of halogens is 1. The van der Waals surface area contributed by atoms with Crippen LogP contribution in [0.3, 0.4) is 0 Å². The van der Waals surface area contributed by atoms with E-state index >= 15 is 0 Å². The fourth-order valence-corrected chi connectivity index (χ4v) is 2.22. The van der Waals surface area contributed by atoms with E-state index in [0.717, 1.165) is 10.0 Å². The molecule has 0 amide bonds. The van der Waals surface area contributed by atoms with Gasteiger partial charge in [0.05, 0.1) is 10.6 Å². The van der Waals surface area contributed by atoms with Gasteiger partial charge in [0, 0.05) is 22.2 Å². The number of aromatic amines is 1. The number of nitro benzene ring substituents is 1. The lowest BCUT2D eigenvalue weighted by molar-refractivity contribution is -0.384. The number of hydrogen-bond acceptors (Lipinski definition) is 4. The molecule has 0 aliphatic carbocycles. The van der Waals surface area contributed by atoms with Crippen molar-refractivity contribution in [3.63, 3.8) is 0 Å². The van der Waals surface area contributed by atoms with Crippen molar-refractivity contribution in [3.8, 4) is 17.1 Å². The van der Waals surface area contributed by atoms with E-state index in [1.54, 1.807) is 0 Å². The van der Waals surface area contributed by atoms with E-state index in [-0.39, 0.29) is 5.69 Å². The van der Waals surface area contributed by atoms with Crippen LogP contribution in [0.25, 0.3) is 17.1 Å². The first-order valence-corrected chi connectivity index (χ1v) is 7.04. The highest BCUT2D eigenvalue weighted by atomic mass is 79.9. The molecule has 0 saturated heterocycles. The lowest BCUT2D eigenvalue weighted by Crippen LogP contribution is -2.15. The Morgan fingerprint density at radius 3 is 2.32 bits per heavy atom. The number of non-ortho nitro benzene ring substituents is 1. The molecular weight excluding hydrogens is 352 g/mol. The van der Waals surface area contributed by atoms with E-state index in [4.69, 9.17) is 0 Å². The number of H-pyrrole nitrogens is 1. The highest BCUT2D eigenvalue weighted by Gasteiger charge is 2.11. The largest absolute Gasteiger partial charge is 0.348 e. The zero-order valence-corrected chi connectivity index (χ0v) is 12.6. The van der Waals surface area contributed by atoms with Gasteiger partial charge >= 0.3 is 5.69 Å². The van der Waals surface area contributed by atoms with Crippen LogP contribution in [0.1, 0.15) is 0 Å². The zero-order chi connectivity index (χ0) is 15.7. The van der Waals surface area contributed by atoms with Crippen molar-refractivity contribution >= 4 is 21.6 Å². The maximum atomic E-state index is 12.0. The fourth-order valence-electron chi connectivity index (χ4n) is 1.95. The van der Waals surface area contributed by atoms with Crippen molar-refractivity contribution in [3.05, 3.63) is 73.6 Å². The summed E-state index contributed by atoms with van der Waals surface area (Å²) in [5, 5.41) is 14.9. The summed E-state index contributed by atoms with van der Waals surface area (Å²) >= 11 is 3.34. The topological polar surface area (TPSA) is 93.8 Å². The Hall–Kier alpha value is -2.74. The molecular formula is C14H9BrN4O3. The second-order valence-electron chi connectivity index (χ2n) is 4.47. The predicted octanol–water partition coefficient (Wildman–Crippen LogP) is 2.90. The molecule has 8 heteroatoms. The van der Waals surface area contributed by atoms with E-state index in [1.165, 1.54) is 28.9 Å². The first-order chi connectivity index (χ1) is 10.5. The van der Waals surface area contributed by atoms with Gasteiger partial charge in [-0.2, -0.15) is 4.68 Å². The lowest BCUT2D eigenvalue weighted by Gasteiger charge is -1.99. The average Bonchev–Trinajstić information content (AvgIpc) is 2.90. The third-order valence-electron chi connectivity index (χ3n) is 3.04. The van der Waals surface area contributed by atoms with Gasteiger partial charge < -0.3 is 0 Å². The van der Waals surface area contributed by atoms with Crippen LogP contribution in [0.5, 0.6) is 0 Å². The summed E-state index contributed by atoms with van der Waals surface area (Å²) in [7, 11) is 0. The van der Waals surface area contributed by atoms with Crippen LogP contribution in [0.4, 0.5) is 5.69 Å². The summed E-state index contributed by atoms with van der Waals surface area (Å²) in [5.74, 6) is 0.427. The minimum atomic E-state index is -0.496. The van der Waals surface area contributed by atoms with Crippen molar-refractivity contribution in [2.45, 2.75) is 0 Å². The molecule has 1 aromatic heterocycles. The number of benzene rings is 2. The van der Waals surface area contributed by atoms with Gasteiger partial charge in [-0.05, 0) is 24.3 Å². The minimum absolute atomic E-state index is 0.0412. The van der Waals surface area contributed by atoms with Crippen LogP contribution in [-0.4, -0.2) is 19.7 Å². The minimum Gasteiger partial charge on any atom is -0.288 e. The number of hydrogen-bond donors (Lipinski definition) is 1. The molecule has 2 aromatic carbocycles. The van der Waals surface area contributed by atoms with Crippen molar-refractivity contribution in [1.82, 2.24) is 14.8 Å². The molecule has 7 nitrogen and oxygen atoms in total. The molecule has 0 saturated carbocycles. The molecule has 110 valence electrons. The Labute approximate surface area is 132 Å². The van der Waals surface area contributed by atoms with Gasteiger partial charge in [0.25, 0.3) is 5.69 Å². The van der Waals surface area contributed by atoms with Crippen LogP contribution in [0, 0.1) is 10.1 Å². The highest BCUT2D eigenvalue weighted by molar-refractivity contribution is 9.10. The van der Waals surface area contributed by atoms with Gasteiger partial charge in [-0.15, -0.1) is 5.10 Å². The predicted molar refractivity (Wildman–Crippen MR) is 84.0 cm³/mol. The number of rotatable bonds is 3. The van der Waals surface area contributed by atoms with E-state index in [9.17, 15) is 14.9 Å². The van der Waals surface area contributed by atoms with Crippen LogP contribution in [-0.2, 0) is 0 Å². The van der Waals surface area contributed by atoms with Crippen LogP contribution in [0.15, 0.2) is 57.8 Å². The van der Waals surface area contributed by atoms with E-state index < -0.39 is 10.6 Å².